The summed E-state index contributed by atoms with van der Waals surface area (Å²) in [6.45, 7) is 0. The van der Waals surface area contributed by atoms with Gasteiger partial charge in [0.1, 0.15) is 5.75 Å². The maximum atomic E-state index is 5.93. The first-order valence-electron chi connectivity index (χ1n) is 5.28. The second-order valence-electron chi connectivity index (χ2n) is 4.17. The lowest BCUT2D eigenvalue weighted by Crippen LogP contribution is -2.40. The minimum absolute atomic E-state index is 0.408. The van der Waals surface area contributed by atoms with Gasteiger partial charge in [0.15, 0.2) is 0 Å². The molecular formula is C12H16BrNO. The zero-order valence-corrected chi connectivity index (χ0v) is 10.5. The van der Waals surface area contributed by atoms with E-state index in [1.807, 2.05) is 6.07 Å². The molecule has 0 bridgehead atoms. The average Bonchev–Trinajstić information content (AvgIpc) is 2.24. The van der Waals surface area contributed by atoms with Crippen LogP contribution in [-0.4, -0.2) is 13.2 Å². The van der Waals surface area contributed by atoms with Crippen LogP contribution in [0.1, 0.15) is 18.4 Å². The Morgan fingerprint density at radius 3 is 2.73 bits per heavy atom. The highest BCUT2D eigenvalue weighted by Crippen LogP contribution is 2.31. The van der Waals surface area contributed by atoms with Gasteiger partial charge in [0.2, 0.25) is 0 Å². The molecule has 0 saturated heterocycles. The molecule has 0 heterocycles. The van der Waals surface area contributed by atoms with Crippen LogP contribution >= 0.6 is 15.9 Å². The van der Waals surface area contributed by atoms with Gasteiger partial charge in [-0.3, -0.25) is 0 Å². The summed E-state index contributed by atoms with van der Waals surface area (Å²) >= 11 is 3.50. The van der Waals surface area contributed by atoms with Gasteiger partial charge in [-0.15, -0.1) is 0 Å². The Labute approximate surface area is 98.9 Å². The van der Waals surface area contributed by atoms with Crippen LogP contribution in [0.15, 0.2) is 22.7 Å². The van der Waals surface area contributed by atoms with Crippen molar-refractivity contribution in [2.45, 2.75) is 25.3 Å². The highest BCUT2D eigenvalue weighted by atomic mass is 79.9. The van der Waals surface area contributed by atoms with Crippen LogP contribution in [-0.2, 0) is 6.42 Å². The number of halogens is 1. The lowest BCUT2D eigenvalue weighted by Gasteiger charge is -2.33. The number of benzene rings is 1. The molecule has 82 valence electrons. The molecule has 2 rings (SSSR count). The Morgan fingerprint density at radius 2 is 2.27 bits per heavy atom. The van der Waals surface area contributed by atoms with Gasteiger partial charge >= 0.3 is 0 Å². The van der Waals surface area contributed by atoms with E-state index in [2.05, 4.69) is 28.1 Å². The molecule has 1 aliphatic carbocycles. The van der Waals surface area contributed by atoms with Crippen LogP contribution in [0.2, 0.25) is 0 Å². The highest BCUT2D eigenvalue weighted by Gasteiger charge is 2.27. The first kappa shape index (κ1) is 11.0. The van der Waals surface area contributed by atoms with E-state index in [1.165, 1.54) is 18.4 Å². The summed E-state index contributed by atoms with van der Waals surface area (Å²) in [5.74, 6) is 1.56. The first-order chi connectivity index (χ1) is 7.20. The van der Waals surface area contributed by atoms with Crippen molar-refractivity contribution in [2.75, 3.05) is 7.11 Å². The van der Waals surface area contributed by atoms with Crippen molar-refractivity contribution >= 4 is 15.9 Å². The van der Waals surface area contributed by atoms with Gasteiger partial charge < -0.3 is 10.5 Å². The molecular weight excluding hydrogens is 254 g/mol. The fourth-order valence-corrected chi connectivity index (χ4v) is 2.58. The number of nitrogens with two attached hydrogens (primary N) is 1. The van der Waals surface area contributed by atoms with Crippen LogP contribution in [0.4, 0.5) is 0 Å². The summed E-state index contributed by atoms with van der Waals surface area (Å²) in [6.07, 6.45) is 3.54. The largest absolute Gasteiger partial charge is 0.496 e. The summed E-state index contributed by atoms with van der Waals surface area (Å²) in [6, 6.07) is 6.66. The fourth-order valence-electron chi connectivity index (χ4n) is 1.99. The van der Waals surface area contributed by atoms with Crippen molar-refractivity contribution < 1.29 is 4.74 Å². The van der Waals surface area contributed by atoms with Gasteiger partial charge in [-0.05, 0) is 58.8 Å². The van der Waals surface area contributed by atoms with Crippen molar-refractivity contribution in [1.29, 1.82) is 0 Å². The summed E-state index contributed by atoms with van der Waals surface area (Å²) in [5, 5.41) is 0. The number of hydrogen-bond donors (Lipinski definition) is 1. The summed E-state index contributed by atoms with van der Waals surface area (Å²) in [7, 11) is 1.68. The topological polar surface area (TPSA) is 35.2 Å². The Bertz CT molecular complexity index is 353. The Kier molecular flexibility index (Phi) is 3.32. The van der Waals surface area contributed by atoms with Gasteiger partial charge in [-0.25, -0.2) is 0 Å². The zero-order chi connectivity index (χ0) is 10.8. The molecule has 2 nitrogen and oxygen atoms in total. The number of methoxy groups -OCH3 is 1. The molecule has 1 aromatic rings. The predicted octanol–water partition coefficient (Wildman–Crippen LogP) is 2.74. The Morgan fingerprint density at radius 1 is 1.47 bits per heavy atom. The Hall–Kier alpha value is -0.540. The maximum Gasteiger partial charge on any atom is 0.133 e. The third-order valence-corrected chi connectivity index (χ3v) is 3.81. The third kappa shape index (κ3) is 2.34. The van der Waals surface area contributed by atoms with Gasteiger partial charge in [-0.1, -0.05) is 6.07 Å². The van der Waals surface area contributed by atoms with Crippen LogP contribution < -0.4 is 10.5 Å². The van der Waals surface area contributed by atoms with Crippen LogP contribution in [0.25, 0.3) is 0 Å². The minimum Gasteiger partial charge on any atom is -0.496 e. The summed E-state index contributed by atoms with van der Waals surface area (Å²) in [4.78, 5) is 0. The van der Waals surface area contributed by atoms with E-state index in [1.54, 1.807) is 7.11 Å². The lowest BCUT2D eigenvalue weighted by molar-refractivity contribution is 0.255. The number of ether oxygens (including phenoxy) is 1. The molecule has 0 amide bonds. The molecule has 1 fully saturated rings. The quantitative estimate of drug-likeness (QED) is 0.916. The second-order valence-corrected chi connectivity index (χ2v) is 5.03. The van der Waals surface area contributed by atoms with Crippen molar-refractivity contribution in [3.63, 3.8) is 0 Å². The molecule has 1 aliphatic rings. The zero-order valence-electron chi connectivity index (χ0n) is 8.87. The predicted molar refractivity (Wildman–Crippen MR) is 65.1 cm³/mol. The molecule has 0 aliphatic heterocycles. The first-order valence-corrected chi connectivity index (χ1v) is 6.08. The fraction of sp³-hybridized carbons (Fsp3) is 0.500. The molecule has 1 aromatic carbocycles. The average molecular weight is 270 g/mol. The monoisotopic (exact) mass is 269 g/mol. The third-order valence-electron chi connectivity index (χ3n) is 3.19. The van der Waals surface area contributed by atoms with E-state index in [9.17, 15) is 0 Å². The molecule has 0 radical (unpaired) electrons. The van der Waals surface area contributed by atoms with Crippen LogP contribution in [0.3, 0.4) is 0 Å². The van der Waals surface area contributed by atoms with Crippen molar-refractivity contribution in [2.24, 2.45) is 11.7 Å². The smallest absolute Gasteiger partial charge is 0.133 e. The highest BCUT2D eigenvalue weighted by molar-refractivity contribution is 9.10. The van der Waals surface area contributed by atoms with Crippen molar-refractivity contribution in [1.82, 2.24) is 0 Å². The number of hydrogen-bond acceptors (Lipinski definition) is 2. The SMILES string of the molecule is COc1ccc(CC2CCC2N)cc1Br. The Balaban J connectivity index is 2.06. The van der Waals surface area contributed by atoms with Gasteiger partial charge in [0, 0.05) is 6.04 Å². The molecule has 0 aromatic heterocycles. The van der Waals surface area contributed by atoms with Crippen molar-refractivity contribution in [3.8, 4) is 5.75 Å². The van der Waals surface area contributed by atoms with Crippen LogP contribution in [0, 0.1) is 5.92 Å². The van der Waals surface area contributed by atoms with Gasteiger partial charge in [0.25, 0.3) is 0 Å². The van der Waals surface area contributed by atoms with E-state index >= 15 is 0 Å². The molecule has 0 spiro atoms. The summed E-state index contributed by atoms with van der Waals surface area (Å²) in [5.41, 5.74) is 7.26. The van der Waals surface area contributed by atoms with E-state index < -0.39 is 0 Å². The van der Waals surface area contributed by atoms with Gasteiger partial charge in [-0.2, -0.15) is 0 Å². The lowest BCUT2D eigenvalue weighted by atomic mass is 9.76. The molecule has 15 heavy (non-hydrogen) atoms. The second kappa shape index (κ2) is 4.54. The standard InChI is InChI=1S/C12H16BrNO/c1-15-12-5-2-8(7-10(12)13)6-9-3-4-11(9)14/h2,5,7,9,11H,3-4,6,14H2,1H3. The van der Waals surface area contributed by atoms with E-state index in [-0.39, 0.29) is 0 Å². The van der Waals surface area contributed by atoms with E-state index in [0.717, 1.165) is 16.6 Å². The number of rotatable bonds is 3. The molecule has 1 saturated carbocycles. The van der Waals surface area contributed by atoms with E-state index in [0.29, 0.717) is 12.0 Å². The summed E-state index contributed by atoms with van der Waals surface area (Å²) < 4.78 is 6.22. The molecule has 2 atom stereocenters. The maximum absolute atomic E-state index is 5.93. The molecule has 2 unspecified atom stereocenters. The van der Waals surface area contributed by atoms with E-state index in [4.69, 9.17) is 10.5 Å². The normalized spacial score (nSPS) is 24.7. The minimum atomic E-state index is 0.408. The van der Waals surface area contributed by atoms with Crippen LogP contribution in [0.5, 0.6) is 5.75 Å². The molecule has 2 N–H and O–H groups in total. The van der Waals surface area contributed by atoms with Crippen molar-refractivity contribution in [3.05, 3.63) is 28.2 Å². The van der Waals surface area contributed by atoms with Gasteiger partial charge in [0.05, 0.1) is 11.6 Å². The molecule has 3 heteroatoms.